The Labute approximate surface area is 131 Å². The lowest BCUT2D eigenvalue weighted by Gasteiger charge is -2.49. The lowest BCUT2D eigenvalue weighted by molar-refractivity contribution is -0.0486. The summed E-state index contributed by atoms with van der Waals surface area (Å²) >= 11 is 1.71. The van der Waals surface area contributed by atoms with E-state index in [9.17, 15) is 4.79 Å². The number of carbonyl (C=O) groups is 1. The molecule has 21 heavy (non-hydrogen) atoms. The van der Waals surface area contributed by atoms with E-state index in [1.807, 2.05) is 30.3 Å². The van der Waals surface area contributed by atoms with E-state index in [0.717, 1.165) is 12.0 Å². The van der Waals surface area contributed by atoms with Gasteiger partial charge in [0.25, 0.3) is 0 Å². The summed E-state index contributed by atoms with van der Waals surface area (Å²) in [5.41, 5.74) is 0.405. The lowest BCUT2D eigenvalue weighted by atomic mass is 9.75. The molecule has 2 nitrogen and oxygen atoms in total. The van der Waals surface area contributed by atoms with Crippen LogP contribution in [0.15, 0.2) is 30.3 Å². The van der Waals surface area contributed by atoms with Crippen molar-refractivity contribution in [2.24, 2.45) is 11.8 Å². The number of rotatable bonds is 2. The first-order valence-electron chi connectivity index (χ1n) is 7.90. The van der Waals surface area contributed by atoms with Crippen molar-refractivity contribution in [3.05, 3.63) is 35.9 Å². The largest absolute Gasteiger partial charge is 0.356 e. The minimum absolute atomic E-state index is 0.109. The fraction of sp³-hybridized carbons (Fsp3) is 0.611. The van der Waals surface area contributed by atoms with Crippen LogP contribution in [0.2, 0.25) is 0 Å². The second kappa shape index (κ2) is 5.77. The average molecular weight is 304 g/mol. The normalized spacial score (nSPS) is 35.0. The monoisotopic (exact) mass is 304 g/mol. The molecule has 4 unspecified atom stereocenters. The number of ether oxygens (including phenoxy) is 1. The van der Waals surface area contributed by atoms with Crippen LogP contribution in [-0.4, -0.2) is 22.1 Å². The van der Waals surface area contributed by atoms with Crippen LogP contribution in [0.4, 0.5) is 0 Å². The number of benzene rings is 1. The van der Waals surface area contributed by atoms with E-state index in [0.29, 0.717) is 11.8 Å². The Balaban J connectivity index is 1.80. The quantitative estimate of drug-likeness (QED) is 0.750. The van der Waals surface area contributed by atoms with Crippen molar-refractivity contribution in [3.8, 4) is 0 Å². The molecule has 1 aromatic carbocycles. The molecule has 0 N–H and O–H groups in total. The predicted molar refractivity (Wildman–Crippen MR) is 87.6 cm³/mol. The van der Waals surface area contributed by atoms with E-state index in [1.165, 1.54) is 12.8 Å². The first-order valence-corrected chi connectivity index (χ1v) is 8.78. The van der Waals surface area contributed by atoms with Gasteiger partial charge in [-0.15, -0.1) is 11.8 Å². The Bertz CT molecular complexity index is 511. The zero-order valence-corrected chi connectivity index (χ0v) is 13.9. The van der Waals surface area contributed by atoms with Crippen molar-refractivity contribution in [2.45, 2.75) is 56.3 Å². The van der Waals surface area contributed by atoms with Crippen molar-refractivity contribution < 1.29 is 9.53 Å². The summed E-state index contributed by atoms with van der Waals surface area (Å²) in [4.78, 5) is 12.7. The van der Waals surface area contributed by atoms with Crippen LogP contribution in [0.5, 0.6) is 0 Å². The van der Waals surface area contributed by atoms with Crippen molar-refractivity contribution in [2.75, 3.05) is 0 Å². The fourth-order valence-electron chi connectivity index (χ4n) is 3.68. The first-order chi connectivity index (χ1) is 9.97. The first kappa shape index (κ1) is 15.1. The molecule has 3 rings (SSSR count). The van der Waals surface area contributed by atoms with Crippen molar-refractivity contribution >= 4 is 17.5 Å². The molecule has 0 amide bonds. The van der Waals surface area contributed by atoms with Crippen LogP contribution < -0.4 is 0 Å². The molecule has 1 heterocycles. The smallest absolute Gasteiger partial charge is 0.201 e. The highest BCUT2D eigenvalue weighted by atomic mass is 32.2. The van der Waals surface area contributed by atoms with E-state index in [4.69, 9.17) is 4.74 Å². The van der Waals surface area contributed by atoms with Gasteiger partial charge in [0.05, 0.1) is 6.10 Å². The lowest BCUT2D eigenvalue weighted by Crippen LogP contribution is -2.50. The molecule has 2 aliphatic rings. The Morgan fingerprint density at radius 1 is 1.24 bits per heavy atom. The molecule has 1 aromatic rings. The van der Waals surface area contributed by atoms with Crippen molar-refractivity contribution in [3.63, 3.8) is 0 Å². The number of carbonyl (C=O) groups excluding carboxylic acids is 1. The molecule has 114 valence electrons. The van der Waals surface area contributed by atoms with Gasteiger partial charge in [0, 0.05) is 10.3 Å². The third kappa shape index (κ3) is 3.04. The zero-order chi connectivity index (χ0) is 15.0. The van der Waals surface area contributed by atoms with Gasteiger partial charge in [0.15, 0.2) is 5.44 Å². The van der Waals surface area contributed by atoms with Crippen LogP contribution in [0.3, 0.4) is 0 Å². The second-order valence-electron chi connectivity index (χ2n) is 6.98. The van der Waals surface area contributed by atoms with E-state index < -0.39 is 0 Å². The summed E-state index contributed by atoms with van der Waals surface area (Å²) < 4.78 is 6.34. The molecule has 1 saturated heterocycles. The van der Waals surface area contributed by atoms with Crippen LogP contribution in [0, 0.1) is 11.8 Å². The van der Waals surface area contributed by atoms with Gasteiger partial charge in [-0.2, -0.15) is 0 Å². The molecular formula is C18H24O2S. The summed E-state index contributed by atoms with van der Waals surface area (Å²) in [6, 6.07) is 9.53. The van der Waals surface area contributed by atoms with Crippen molar-refractivity contribution in [1.29, 1.82) is 0 Å². The number of hydrogen-bond acceptors (Lipinski definition) is 3. The Morgan fingerprint density at radius 2 is 1.95 bits per heavy atom. The molecule has 1 saturated carbocycles. The number of ketones is 1. The second-order valence-corrected chi connectivity index (χ2v) is 8.70. The Hall–Kier alpha value is -0.800. The van der Waals surface area contributed by atoms with Gasteiger partial charge in [0.1, 0.15) is 0 Å². The molecule has 1 aliphatic carbocycles. The van der Waals surface area contributed by atoms with Gasteiger partial charge in [0.2, 0.25) is 5.78 Å². The molecule has 3 heteroatoms. The van der Waals surface area contributed by atoms with Gasteiger partial charge in [-0.3, -0.25) is 4.79 Å². The summed E-state index contributed by atoms with van der Waals surface area (Å²) in [7, 11) is 0. The topological polar surface area (TPSA) is 26.3 Å². The van der Waals surface area contributed by atoms with E-state index >= 15 is 0 Å². The standard InChI is InChI=1S/C18H24O2S/c1-12-9-10-14-15(11-12)20-17(21-18(14,2)3)16(19)13-7-5-4-6-8-13/h4-8,12,14-15,17H,9-11H2,1-3H3. The molecule has 0 bridgehead atoms. The molecule has 2 fully saturated rings. The van der Waals surface area contributed by atoms with Gasteiger partial charge in [-0.25, -0.2) is 0 Å². The van der Waals surface area contributed by atoms with Crippen molar-refractivity contribution in [1.82, 2.24) is 0 Å². The van der Waals surface area contributed by atoms with Crippen LogP contribution in [0.1, 0.15) is 50.4 Å². The minimum atomic E-state index is -0.353. The van der Waals surface area contributed by atoms with Crippen LogP contribution in [-0.2, 0) is 4.74 Å². The summed E-state index contributed by atoms with van der Waals surface area (Å²) in [6.45, 7) is 6.85. The van der Waals surface area contributed by atoms with Gasteiger partial charge >= 0.3 is 0 Å². The highest BCUT2D eigenvalue weighted by Gasteiger charge is 2.48. The average Bonchev–Trinajstić information content (AvgIpc) is 2.46. The predicted octanol–water partition coefficient (Wildman–Crippen LogP) is 4.54. The van der Waals surface area contributed by atoms with Gasteiger partial charge in [-0.1, -0.05) is 57.5 Å². The molecule has 0 spiro atoms. The number of Topliss-reactive ketones (excluding diaryl/α,β-unsaturated/α-hetero) is 1. The zero-order valence-electron chi connectivity index (χ0n) is 13.0. The maximum absolute atomic E-state index is 12.7. The highest BCUT2D eigenvalue weighted by molar-refractivity contribution is 8.01. The van der Waals surface area contributed by atoms with E-state index in [2.05, 4.69) is 20.8 Å². The van der Waals surface area contributed by atoms with Crippen LogP contribution >= 0.6 is 11.8 Å². The highest BCUT2D eigenvalue weighted by Crippen LogP contribution is 2.50. The number of thioether (sulfide) groups is 1. The van der Waals surface area contributed by atoms with E-state index in [-0.39, 0.29) is 22.1 Å². The van der Waals surface area contributed by atoms with Gasteiger partial charge in [-0.05, 0) is 24.7 Å². The number of fused-ring (bicyclic) bond motifs is 1. The van der Waals surface area contributed by atoms with Gasteiger partial charge < -0.3 is 4.74 Å². The Morgan fingerprint density at radius 3 is 2.67 bits per heavy atom. The third-order valence-corrected chi connectivity index (χ3v) is 6.38. The number of hydrogen-bond donors (Lipinski definition) is 0. The molecule has 4 atom stereocenters. The summed E-state index contributed by atoms with van der Waals surface area (Å²) in [5, 5.41) is 0. The summed E-state index contributed by atoms with van der Waals surface area (Å²) in [5.74, 6) is 1.39. The molecular weight excluding hydrogens is 280 g/mol. The third-order valence-electron chi connectivity index (χ3n) is 4.93. The minimum Gasteiger partial charge on any atom is -0.356 e. The summed E-state index contributed by atoms with van der Waals surface area (Å²) in [6.07, 6.45) is 3.83. The molecule has 1 aliphatic heterocycles. The van der Waals surface area contributed by atoms with E-state index in [1.54, 1.807) is 11.8 Å². The van der Waals surface area contributed by atoms with Crippen LogP contribution in [0.25, 0.3) is 0 Å². The maximum atomic E-state index is 12.7. The SMILES string of the molecule is CC1CCC2C(C1)OC(C(=O)c1ccccc1)SC2(C)C. The fourth-order valence-corrected chi connectivity index (χ4v) is 5.12. The molecule has 0 aromatic heterocycles. The molecule has 0 radical (unpaired) electrons. The maximum Gasteiger partial charge on any atom is 0.201 e. The Kier molecular flexibility index (Phi) is 4.15.